The monoisotopic (exact) mass is 296 g/mol. The van der Waals surface area contributed by atoms with E-state index in [1.165, 1.54) is 6.26 Å². The number of nitrogens with one attached hydrogen (secondary N) is 1. The summed E-state index contributed by atoms with van der Waals surface area (Å²) in [6.07, 6.45) is 1.21. The van der Waals surface area contributed by atoms with Gasteiger partial charge in [0, 0.05) is 24.7 Å². The molecule has 6 heteroatoms. The van der Waals surface area contributed by atoms with Gasteiger partial charge in [-0.25, -0.2) is 13.4 Å². The van der Waals surface area contributed by atoms with Gasteiger partial charge < -0.3 is 5.32 Å². The molecule has 0 aliphatic rings. The Labute approximate surface area is 117 Å². The fourth-order valence-corrected chi connectivity index (χ4v) is 2.92. The van der Waals surface area contributed by atoms with Crippen molar-refractivity contribution in [1.29, 1.82) is 0 Å². The Hall–Kier alpha value is -1.24. The zero-order valence-corrected chi connectivity index (χ0v) is 12.5. The number of nitrogens with zero attached hydrogens (tertiary/aromatic N) is 1. The zero-order valence-electron chi connectivity index (χ0n) is 10.9. The molecule has 1 aromatic heterocycles. The van der Waals surface area contributed by atoms with Crippen molar-refractivity contribution in [1.82, 2.24) is 10.3 Å². The van der Waals surface area contributed by atoms with Gasteiger partial charge in [0.05, 0.1) is 15.6 Å². The predicted molar refractivity (Wildman–Crippen MR) is 76.9 cm³/mol. The van der Waals surface area contributed by atoms with Crippen molar-refractivity contribution < 1.29 is 8.42 Å². The normalized spacial score (nSPS) is 11.7. The van der Waals surface area contributed by atoms with Crippen LogP contribution in [-0.4, -0.2) is 19.7 Å². The van der Waals surface area contributed by atoms with Gasteiger partial charge in [-0.3, -0.25) is 0 Å². The highest BCUT2D eigenvalue weighted by Crippen LogP contribution is 2.11. The molecule has 2 rings (SSSR count). The lowest BCUT2D eigenvalue weighted by Gasteiger charge is -2.04. The fraction of sp³-hybridized carbons (Fsp3) is 0.308. The second kappa shape index (κ2) is 5.81. The van der Waals surface area contributed by atoms with Crippen LogP contribution in [0, 0.1) is 6.92 Å². The highest BCUT2D eigenvalue weighted by molar-refractivity contribution is 7.90. The van der Waals surface area contributed by atoms with Crippen molar-refractivity contribution in [3.63, 3.8) is 0 Å². The first kappa shape index (κ1) is 14.2. The number of aromatic nitrogens is 1. The lowest BCUT2D eigenvalue weighted by molar-refractivity contribution is 0.602. The molecular weight excluding hydrogens is 280 g/mol. The van der Waals surface area contributed by atoms with Gasteiger partial charge in [0.2, 0.25) is 0 Å². The molecule has 0 atom stereocenters. The van der Waals surface area contributed by atoms with Gasteiger partial charge in [-0.2, -0.15) is 0 Å². The first-order valence-electron chi connectivity index (χ1n) is 5.86. The van der Waals surface area contributed by atoms with Crippen molar-refractivity contribution in [3.05, 3.63) is 45.9 Å². The van der Waals surface area contributed by atoms with E-state index in [1.807, 2.05) is 24.4 Å². The van der Waals surface area contributed by atoms with Crippen LogP contribution in [0.3, 0.4) is 0 Å². The topological polar surface area (TPSA) is 59.1 Å². The summed E-state index contributed by atoms with van der Waals surface area (Å²) in [5.41, 5.74) is 2.09. The summed E-state index contributed by atoms with van der Waals surface area (Å²) in [6, 6.07) is 6.93. The molecule has 0 radical (unpaired) electrons. The molecule has 0 bridgehead atoms. The van der Waals surface area contributed by atoms with Gasteiger partial charge >= 0.3 is 0 Å². The molecule has 1 N–H and O–H groups in total. The molecule has 0 saturated heterocycles. The molecule has 0 aliphatic heterocycles. The van der Waals surface area contributed by atoms with Gasteiger partial charge in [0.15, 0.2) is 9.84 Å². The number of benzene rings is 1. The lowest BCUT2D eigenvalue weighted by atomic mass is 10.2. The van der Waals surface area contributed by atoms with Crippen molar-refractivity contribution >= 4 is 21.2 Å². The molecule has 1 aromatic carbocycles. The van der Waals surface area contributed by atoms with Crippen molar-refractivity contribution in [2.24, 2.45) is 0 Å². The second-order valence-corrected chi connectivity index (χ2v) is 7.46. The van der Waals surface area contributed by atoms with E-state index in [4.69, 9.17) is 0 Å². The third-order valence-corrected chi connectivity index (χ3v) is 4.60. The third kappa shape index (κ3) is 4.12. The van der Waals surface area contributed by atoms with Crippen LogP contribution in [0.25, 0.3) is 0 Å². The number of rotatable bonds is 5. The van der Waals surface area contributed by atoms with E-state index in [-0.39, 0.29) is 0 Å². The van der Waals surface area contributed by atoms with E-state index in [0.29, 0.717) is 11.4 Å². The number of sulfone groups is 1. The standard InChI is InChI=1S/C13H16N2O2S2/c1-10-15-12(9-18-10)8-14-7-11-3-5-13(6-4-11)19(2,16)17/h3-6,9,14H,7-8H2,1-2H3. The van der Waals surface area contributed by atoms with E-state index < -0.39 is 9.84 Å². The first-order chi connectivity index (χ1) is 8.95. The van der Waals surface area contributed by atoms with Gasteiger partial charge in [-0.15, -0.1) is 11.3 Å². The summed E-state index contributed by atoms with van der Waals surface area (Å²) < 4.78 is 22.6. The Kier molecular flexibility index (Phi) is 4.34. The molecule has 0 fully saturated rings. The van der Waals surface area contributed by atoms with Crippen molar-refractivity contribution in [2.45, 2.75) is 24.9 Å². The van der Waals surface area contributed by atoms with Crippen LogP contribution in [0.5, 0.6) is 0 Å². The molecular formula is C13H16N2O2S2. The molecule has 0 spiro atoms. The number of hydrogen-bond acceptors (Lipinski definition) is 5. The summed E-state index contributed by atoms with van der Waals surface area (Å²) in [6.45, 7) is 3.40. The van der Waals surface area contributed by atoms with Crippen LogP contribution < -0.4 is 5.32 Å². The first-order valence-corrected chi connectivity index (χ1v) is 8.63. The predicted octanol–water partition coefficient (Wildman–Crippen LogP) is 2.14. The SMILES string of the molecule is Cc1nc(CNCc2ccc(S(C)(=O)=O)cc2)cs1. The molecule has 19 heavy (non-hydrogen) atoms. The lowest BCUT2D eigenvalue weighted by Crippen LogP contribution is -2.13. The summed E-state index contributed by atoms with van der Waals surface area (Å²) in [5.74, 6) is 0. The fourth-order valence-electron chi connectivity index (χ4n) is 1.68. The van der Waals surface area contributed by atoms with Crippen molar-refractivity contribution in [2.75, 3.05) is 6.26 Å². The highest BCUT2D eigenvalue weighted by Gasteiger charge is 2.05. The molecule has 0 unspecified atom stereocenters. The second-order valence-electron chi connectivity index (χ2n) is 4.38. The van der Waals surface area contributed by atoms with Gasteiger partial charge in [-0.05, 0) is 24.6 Å². The van der Waals surface area contributed by atoms with Crippen molar-refractivity contribution in [3.8, 4) is 0 Å². The molecule has 102 valence electrons. The summed E-state index contributed by atoms with van der Waals surface area (Å²) in [7, 11) is -3.11. The van der Waals surface area contributed by atoms with E-state index in [2.05, 4.69) is 10.3 Å². The minimum Gasteiger partial charge on any atom is -0.307 e. The summed E-state index contributed by atoms with van der Waals surface area (Å²) >= 11 is 1.64. The summed E-state index contributed by atoms with van der Waals surface area (Å²) in [5, 5.41) is 6.39. The molecule has 0 aliphatic carbocycles. The number of thiazole rings is 1. The third-order valence-electron chi connectivity index (χ3n) is 2.65. The smallest absolute Gasteiger partial charge is 0.175 e. The largest absolute Gasteiger partial charge is 0.307 e. The Balaban J connectivity index is 1.90. The molecule has 0 amide bonds. The maximum Gasteiger partial charge on any atom is 0.175 e. The zero-order chi connectivity index (χ0) is 13.9. The van der Waals surface area contributed by atoms with E-state index >= 15 is 0 Å². The van der Waals surface area contributed by atoms with Crippen LogP contribution in [-0.2, 0) is 22.9 Å². The van der Waals surface area contributed by atoms with Crippen LogP contribution in [0.1, 0.15) is 16.3 Å². The van der Waals surface area contributed by atoms with E-state index in [1.54, 1.807) is 23.5 Å². The molecule has 1 heterocycles. The van der Waals surface area contributed by atoms with Gasteiger partial charge in [0.25, 0.3) is 0 Å². The number of aryl methyl sites for hydroxylation is 1. The molecule has 2 aromatic rings. The van der Waals surface area contributed by atoms with Crippen LogP contribution in [0.4, 0.5) is 0 Å². The molecule has 0 saturated carbocycles. The minimum absolute atomic E-state index is 0.353. The quantitative estimate of drug-likeness (QED) is 0.918. The van der Waals surface area contributed by atoms with Crippen LogP contribution in [0.2, 0.25) is 0 Å². The maximum atomic E-state index is 11.3. The Morgan fingerprint density at radius 1 is 1.21 bits per heavy atom. The van der Waals surface area contributed by atoms with Crippen LogP contribution >= 0.6 is 11.3 Å². The Bertz CT molecular complexity index is 646. The van der Waals surface area contributed by atoms with Crippen LogP contribution in [0.15, 0.2) is 34.5 Å². The average Bonchev–Trinajstić information content (AvgIpc) is 2.75. The average molecular weight is 296 g/mol. The summed E-state index contributed by atoms with van der Waals surface area (Å²) in [4.78, 5) is 4.72. The molecule has 4 nitrogen and oxygen atoms in total. The minimum atomic E-state index is -3.11. The number of hydrogen-bond donors (Lipinski definition) is 1. The van der Waals surface area contributed by atoms with E-state index in [0.717, 1.165) is 22.8 Å². The van der Waals surface area contributed by atoms with Gasteiger partial charge in [-0.1, -0.05) is 12.1 Å². The van der Waals surface area contributed by atoms with Gasteiger partial charge in [0.1, 0.15) is 0 Å². The Morgan fingerprint density at radius 3 is 2.42 bits per heavy atom. The Morgan fingerprint density at radius 2 is 1.89 bits per heavy atom. The maximum absolute atomic E-state index is 11.3. The van der Waals surface area contributed by atoms with E-state index in [9.17, 15) is 8.42 Å². The highest BCUT2D eigenvalue weighted by atomic mass is 32.2.